The number of fused-ring (bicyclic) bond motifs is 1. The molecular weight excluding hydrogens is 386 g/mol. The minimum absolute atomic E-state index is 0.143. The average Bonchev–Trinajstić information content (AvgIpc) is 3.25. The Hall–Kier alpha value is -3.38. The van der Waals surface area contributed by atoms with Crippen molar-refractivity contribution >= 4 is 28.2 Å². The Balaban J connectivity index is 1.47. The maximum absolute atomic E-state index is 12.6. The minimum Gasteiger partial charge on any atom is -0.484 e. The Morgan fingerprint density at radius 2 is 1.90 bits per heavy atom. The number of thiophene rings is 1. The zero-order valence-corrected chi connectivity index (χ0v) is 16.6. The van der Waals surface area contributed by atoms with Gasteiger partial charge in [-0.2, -0.15) is 0 Å². The molecule has 0 aliphatic rings. The summed E-state index contributed by atoms with van der Waals surface area (Å²) in [6, 6.07) is 20.0. The van der Waals surface area contributed by atoms with E-state index < -0.39 is 5.63 Å². The summed E-state index contributed by atoms with van der Waals surface area (Å²) in [6.45, 7) is 1.89. The van der Waals surface area contributed by atoms with Crippen LogP contribution in [0, 0.1) is 6.92 Å². The molecule has 4 rings (SSSR count). The molecule has 6 heteroatoms. The lowest BCUT2D eigenvalue weighted by atomic mass is 10.0. The van der Waals surface area contributed by atoms with Crippen molar-refractivity contribution in [2.24, 2.45) is 0 Å². The first-order valence-corrected chi connectivity index (χ1v) is 10.0. The van der Waals surface area contributed by atoms with E-state index in [2.05, 4.69) is 5.32 Å². The molecule has 0 saturated carbocycles. The number of carbonyl (C=O) groups is 1. The molecule has 5 nitrogen and oxygen atoms in total. The van der Waals surface area contributed by atoms with Gasteiger partial charge in [-0.25, -0.2) is 4.79 Å². The van der Waals surface area contributed by atoms with E-state index in [9.17, 15) is 9.59 Å². The largest absolute Gasteiger partial charge is 0.484 e. The van der Waals surface area contributed by atoms with E-state index in [1.54, 1.807) is 35.6 Å². The Kier molecular flexibility index (Phi) is 5.44. The first-order chi connectivity index (χ1) is 14.1. The summed E-state index contributed by atoms with van der Waals surface area (Å²) in [5.41, 5.74) is 2.17. The molecule has 2 aromatic carbocycles. The zero-order valence-electron chi connectivity index (χ0n) is 15.8. The predicted octanol–water partition coefficient (Wildman–Crippen LogP) is 4.45. The molecule has 0 bridgehead atoms. The molecule has 146 valence electrons. The van der Waals surface area contributed by atoms with Gasteiger partial charge in [0.1, 0.15) is 11.3 Å². The molecule has 0 radical (unpaired) electrons. The Morgan fingerprint density at radius 3 is 2.66 bits per heavy atom. The van der Waals surface area contributed by atoms with Crippen LogP contribution in [0.25, 0.3) is 11.0 Å². The molecule has 29 heavy (non-hydrogen) atoms. The highest BCUT2D eigenvalue weighted by molar-refractivity contribution is 7.10. The van der Waals surface area contributed by atoms with Gasteiger partial charge in [0.05, 0.1) is 6.04 Å². The van der Waals surface area contributed by atoms with Crippen molar-refractivity contribution in [3.05, 3.63) is 98.5 Å². The van der Waals surface area contributed by atoms with E-state index in [0.29, 0.717) is 11.3 Å². The van der Waals surface area contributed by atoms with Crippen LogP contribution in [-0.2, 0) is 4.79 Å². The van der Waals surface area contributed by atoms with Crippen molar-refractivity contribution in [1.29, 1.82) is 0 Å². The van der Waals surface area contributed by atoms with E-state index in [0.717, 1.165) is 21.4 Å². The van der Waals surface area contributed by atoms with E-state index in [4.69, 9.17) is 9.15 Å². The van der Waals surface area contributed by atoms with Crippen molar-refractivity contribution in [2.45, 2.75) is 13.0 Å². The lowest BCUT2D eigenvalue weighted by Gasteiger charge is -2.18. The standard InChI is InChI=1S/C23H19NO4S/c1-15-4-6-17(7-5-15)23(20-3-2-12-29-20)24-21(25)14-27-18-10-8-16-9-11-22(26)28-19(16)13-18/h2-13,23H,14H2,1H3,(H,24,25)/t23-/m1/s1. The van der Waals surface area contributed by atoms with Crippen molar-refractivity contribution in [2.75, 3.05) is 6.61 Å². The molecule has 1 atom stereocenters. The van der Waals surface area contributed by atoms with E-state index in [-0.39, 0.29) is 18.6 Å². The van der Waals surface area contributed by atoms with Gasteiger partial charge in [-0.15, -0.1) is 11.3 Å². The van der Waals surface area contributed by atoms with Crippen LogP contribution < -0.4 is 15.7 Å². The summed E-state index contributed by atoms with van der Waals surface area (Å²) in [6.07, 6.45) is 0. The molecular formula is C23H19NO4S. The summed E-state index contributed by atoms with van der Waals surface area (Å²) in [5, 5.41) is 5.82. The molecule has 1 N–H and O–H groups in total. The number of carbonyl (C=O) groups excluding carboxylic acids is 1. The fraction of sp³-hybridized carbons (Fsp3) is 0.130. The highest BCUT2D eigenvalue weighted by atomic mass is 32.1. The molecule has 2 heterocycles. The topological polar surface area (TPSA) is 68.5 Å². The molecule has 0 aliphatic carbocycles. The highest BCUT2D eigenvalue weighted by Gasteiger charge is 2.18. The molecule has 2 aromatic heterocycles. The number of hydrogen-bond acceptors (Lipinski definition) is 5. The van der Waals surface area contributed by atoms with Crippen LogP contribution >= 0.6 is 11.3 Å². The second-order valence-corrected chi connectivity index (χ2v) is 7.65. The van der Waals surface area contributed by atoms with Crippen molar-refractivity contribution in [1.82, 2.24) is 5.32 Å². The van der Waals surface area contributed by atoms with Gasteiger partial charge in [-0.05, 0) is 42.1 Å². The van der Waals surface area contributed by atoms with Crippen LogP contribution in [0.5, 0.6) is 5.75 Å². The fourth-order valence-corrected chi connectivity index (χ4v) is 3.82. The molecule has 4 aromatic rings. The number of hydrogen-bond donors (Lipinski definition) is 1. The first-order valence-electron chi connectivity index (χ1n) is 9.14. The number of aryl methyl sites for hydroxylation is 1. The van der Waals surface area contributed by atoms with Gasteiger partial charge in [-0.1, -0.05) is 35.9 Å². The molecule has 0 fully saturated rings. The summed E-state index contributed by atoms with van der Waals surface area (Å²) in [4.78, 5) is 25.0. The number of amides is 1. The van der Waals surface area contributed by atoms with Gasteiger partial charge in [0, 0.05) is 22.4 Å². The number of rotatable bonds is 6. The van der Waals surface area contributed by atoms with E-state index >= 15 is 0 Å². The van der Waals surface area contributed by atoms with Crippen LogP contribution in [0.15, 0.2) is 81.3 Å². The lowest BCUT2D eigenvalue weighted by molar-refractivity contribution is -0.123. The van der Waals surface area contributed by atoms with Gasteiger partial charge in [0.15, 0.2) is 6.61 Å². The van der Waals surface area contributed by atoms with Crippen LogP contribution in [0.4, 0.5) is 0 Å². The number of nitrogens with one attached hydrogen (secondary N) is 1. The fourth-order valence-electron chi connectivity index (χ4n) is 3.02. The van der Waals surface area contributed by atoms with Crippen molar-refractivity contribution in [3.8, 4) is 5.75 Å². The molecule has 0 spiro atoms. The van der Waals surface area contributed by atoms with Gasteiger partial charge < -0.3 is 14.5 Å². The monoisotopic (exact) mass is 405 g/mol. The quantitative estimate of drug-likeness (QED) is 0.481. The second kappa shape index (κ2) is 8.32. The average molecular weight is 405 g/mol. The van der Waals surface area contributed by atoms with Crippen molar-refractivity contribution < 1.29 is 13.9 Å². The van der Waals surface area contributed by atoms with E-state index in [1.807, 2.05) is 48.7 Å². The smallest absolute Gasteiger partial charge is 0.336 e. The summed E-state index contributed by atoms with van der Waals surface area (Å²) < 4.78 is 10.8. The third-order valence-electron chi connectivity index (χ3n) is 4.51. The molecule has 0 saturated heterocycles. The predicted molar refractivity (Wildman–Crippen MR) is 113 cm³/mol. The first kappa shape index (κ1) is 19.0. The van der Waals surface area contributed by atoms with Gasteiger partial charge in [0.25, 0.3) is 5.91 Å². The third-order valence-corrected chi connectivity index (χ3v) is 5.45. The SMILES string of the molecule is Cc1ccc([C@@H](NC(=O)COc2ccc3ccc(=O)oc3c2)c2cccs2)cc1. The lowest BCUT2D eigenvalue weighted by Crippen LogP contribution is -2.32. The maximum Gasteiger partial charge on any atom is 0.336 e. The van der Waals surface area contributed by atoms with E-state index in [1.165, 1.54) is 6.07 Å². The van der Waals surface area contributed by atoms with Gasteiger partial charge >= 0.3 is 5.63 Å². The van der Waals surface area contributed by atoms with Crippen molar-refractivity contribution in [3.63, 3.8) is 0 Å². The second-order valence-electron chi connectivity index (χ2n) is 6.67. The number of benzene rings is 2. The molecule has 0 unspecified atom stereocenters. The van der Waals surface area contributed by atoms with Gasteiger partial charge in [0.2, 0.25) is 0 Å². The Bertz CT molecular complexity index is 1180. The Labute approximate surface area is 171 Å². The summed E-state index contributed by atoms with van der Waals surface area (Å²) >= 11 is 1.59. The summed E-state index contributed by atoms with van der Waals surface area (Å²) in [5.74, 6) is 0.226. The zero-order chi connectivity index (χ0) is 20.2. The summed E-state index contributed by atoms with van der Waals surface area (Å²) in [7, 11) is 0. The van der Waals surface area contributed by atoms with Crippen LogP contribution in [0.1, 0.15) is 22.0 Å². The maximum atomic E-state index is 12.6. The Morgan fingerprint density at radius 1 is 1.10 bits per heavy atom. The third kappa shape index (κ3) is 4.55. The normalized spacial score (nSPS) is 11.9. The molecule has 0 aliphatic heterocycles. The number of ether oxygens (including phenoxy) is 1. The minimum atomic E-state index is -0.427. The van der Waals surface area contributed by atoms with Crippen LogP contribution in [0.2, 0.25) is 0 Å². The van der Waals surface area contributed by atoms with Gasteiger partial charge in [-0.3, -0.25) is 4.79 Å². The highest BCUT2D eigenvalue weighted by Crippen LogP contribution is 2.26. The van der Waals surface area contributed by atoms with Crippen LogP contribution in [0.3, 0.4) is 0 Å². The molecule has 1 amide bonds. The van der Waals surface area contributed by atoms with Crippen LogP contribution in [-0.4, -0.2) is 12.5 Å².